The smallest absolute Gasteiger partial charge is 0.124 e. The van der Waals surface area contributed by atoms with Crippen LogP contribution in [0.2, 0.25) is 0 Å². The Balaban J connectivity index is 1.91. The summed E-state index contributed by atoms with van der Waals surface area (Å²) >= 11 is 3.43. The molecule has 0 unspecified atom stereocenters. The molecule has 88 valence electrons. The number of hydrogen-bond acceptors (Lipinski definition) is 1. The molecule has 0 spiro atoms. The Labute approximate surface area is 105 Å². The van der Waals surface area contributed by atoms with Gasteiger partial charge in [-0.25, -0.2) is 4.39 Å². The van der Waals surface area contributed by atoms with Crippen molar-refractivity contribution in [1.82, 2.24) is 5.32 Å². The van der Waals surface area contributed by atoms with Gasteiger partial charge in [-0.2, -0.15) is 0 Å². The zero-order chi connectivity index (χ0) is 11.5. The molecular weight excluding hydrogens is 269 g/mol. The van der Waals surface area contributed by atoms with Crippen molar-refractivity contribution in [2.24, 2.45) is 0 Å². The lowest BCUT2D eigenvalue weighted by atomic mass is 9.76. The predicted octanol–water partition coefficient (Wildman–Crippen LogP) is 3.83. The molecule has 1 nitrogen and oxygen atoms in total. The second kappa shape index (κ2) is 5.28. The molecule has 0 aliphatic heterocycles. The van der Waals surface area contributed by atoms with E-state index in [2.05, 4.69) is 28.2 Å². The number of benzene rings is 1. The maximum Gasteiger partial charge on any atom is 0.124 e. The molecule has 2 rings (SSSR count). The fourth-order valence-electron chi connectivity index (χ4n) is 2.22. The maximum atomic E-state index is 12.9. The van der Waals surface area contributed by atoms with Crippen LogP contribution in [-0.2, 0) is 0 Å². The van der Waals surface area contributed by atoms with Gasteiger partial charge in [-0.1, -0.05) is 28.9 Å². The van der Waals surface area contributed by atoms with E-state index < -0.39 is 0 Å². The molecule has 1 aromatic rings. The van der Waals surface area contributed by atoms with E-state index in [9.17, 15) is 4.39 Å². The number of nitrogens with one attached hydrogen (secondary N) is 1. The normalized spacial score (nSPS) is 24.2. The van der Waals surface area contributed by atoms with E-state index in [1.54, 1.807) is 12.1 Å². The van der Waals surface area contributed by atoms with E-state index >= 15 is 0 Å². The largest absolute Gasteiger partial charge is 0.314 e. The summed E-state index contributed by atoms with van der Waals surface area (Å²) in [5.41, 5.74) is 1.25. The molecule has 0 radical (unpaired) electrons. The first-order valence-corrected chi connectivity index (χ1v) is 6.68. The molecule has 1 aromatic carbocycles. The summed E-state index contributed by atoms with van der Waals surface area (Å²) in [6, 6.07) is 5.66. The topological polar surface area (TPSA) is 12.0 Å². The number of halogens is 2. The quantitative estimate of drug-likeness (QED) is 0.887. The highest BCUT2D eigenvalue weighted by atomic mass is 79.9. The van der Waals surface area contributed by atoms with Crippen LogP contribution >= 0.6 is 15.9 Å². The molecule has 0 heterocycles. The third-order valence-electron chi connectivity index (χ3n) is 3.22. The summed E-state index contributed by atoms with van der Waals surface area (Å²) < 4.78 is 13.8. The minimum absolute atomic E-state index is 0.171. The summed E-state index contributed by atoms with van der Waals surface area (Å²) in [4.78, 5) is 0. The molecule has 1 N–H and O–H groups in total. The molecule has 0 aromatic heterocycles. The first-order valence-electron chi connectivity index (χ1n) is 5.89. The fourth-order valence-corrected chi connectivity index (χ4v) is 2.89. The first-order chi connectivity index (χ1) is 7.70. The van der Waals surface area contributed by atoms with E-state index in [0.29, 0.717) is 12.0 Å². The van der Waals surface area contributed by atoms with Gasteiger partial charge < -0.3 is 5.32 Å². The summed E-state index contributed by atoms with van der Waals surface area (Å²) in [6.07, 6.45) is 3.52. The molecule has 16 heavy (non-hydrogen) atoms. The van der Waals surface area contributed by atoms with Gasteiger partial charge in [0.1, 0.15) is 5.82 Å². The second-order valence-electron chi connectivity index (χ2n) is 4.49. The highest BCUT2D eigenvalue weighted by Gasteiger charge is 2.30. The van der Waals surface area contributed by atoms with Crippen LogP contribution < -0.4 is 5.32 Å². The summed E-state index contributed by atoms with van der Waals surface area (Å²) in [7, 11) is 0. The maximum absolute atomic E-state index is 12.9. The Morgan fingerprint density at radius 3 is 2.81 bits per heavy atom. The van der Waals surface area contributed by atoms with Crippen LogP contribution in [0.5, 0.6) is 0 Å². The van der Waals surface area contributed by atoms with Crippen molar-refractivity contribution >= 4 is 15.9 Å². The molecule has 0 saturated heterocycles. The van der Waals surface area contributed by atoms with Gasteiger partial charge in [-0.15, -0.1) is 0 Å². The van der Waals surface area contributed by atoms with E-state index in [1.807, 2.05) is 6.07 Å². The molecule has 0 amide bonds. The van der Waals surface area contributed by atoms with E-state index in [1.165, 1.54) is 24.8 Å². The van der Waals surface area contributed by atoms with E-state index in [4.69, 9.17) is 0 Å². The Morgan fingerprint density at radius 2 is 2.19 bits per heavy atom. The molecule has 1 fully saturated rings. The average Bonchev–Trinajstić information content (AvgIpc) is 2.18. The lowest BCUT2D eigenvalue weighted by Crippen LogP contribution is -2.40. The molecule has 1 aliphatic rings. The van der Waals surface area contributed by atoms with Crippen molar-refractivity contribution in [3.8, 4) is 0 Å². The van der Waals surface area contributed by atoms with Crippen molar-refractivity contribution in [2.45, 2.75) is 38.1 Å². The highest BCUT2D eigenvalue weighted by molar-refractivity contribution is 9.10. The molecule has 1 aliphatic carbocycles. The van der Waals surface area contributed by atoms with Gasteiger partial charge in [0.2, 0.25) is 0 Å². The van der Waals surface area contributed by atoms with E-state index in [-0.39, 0.29) is 5.82 Å². The SMILES string of the molecule is CCCNC1CC(c2ccc(F)cc2Br)C1. The van der Waals surface area contributed by atoms with Gasteiger partial charge in [-0.05, 0) is 49.4 Å². The van der Waals surface area contributed by atoms with Gasteiger partial charge in [0.25, 0.3) is 0 Å². The Kier molecular flexibility index (Phi) is 3.98. The van der Waals surface area contributed by atoms with Gasteiger partial charge in [0.15, 0.2) is 0 Å². The second-order valence-corrected chi connectivity index (χ2v) is 5.34. The van der Waals surface area contributed by atoms with Gasteiger partial charge in [0.05, 0.1) is 0 Å². The molecule has 0 bridgehead atoms. The number of hydrogen-bond donors (Lipinski definition) is 1. The summed E-state index contributed by atoms with van der Waals surface area (Å²) in [6.45, 7) is 3.28. The summed E-state index contributed by atoms with van der Waals surface area (Å²) in [5.74, 6) is 0.417. The standard InChI is InChI=1S/C13H17BrFN/c1-2-5-16-11-6-9(7-11)12-4-3-10(15)8-13(12)14/h3-4,8-9,11,16H,2,5-7H2,1H3. The monoisotopic (exact) mass is 285 g/mol. The lowest BCUT2D eigenvalue weighted by Gasteiger charge is -2.37. The van der Waals surface area contributed by atoms with Crippen LogP contribution in [0.25, 0.3) is 0 Å². The van der Waals surface area contributed by atoms with E-state index in [0.717, 1.165) is 11.0 Å². The van der Waals surface area contributed by atoms with Gasteiger partial charge >= 0.3 is 0 Å². The van der Waals surface area contributed by atoms with Crippen molar-refractivity contribution in [3.63, 3.8) is 0 Å². The Hall–Kier alpha value is -0.410. The molecule has 3 heteroatoms. The minimum Gasteiger partial charge on any atom is -0.314 e. The zero-order valence-electron chi connectivity index (χ0n) is 9.47. The fraction of sp³-hybridized carbons (Fsp3) is 0.538. The number of rotatable bonds is 4. The molecule has 0 atom stereocenters. The van der Waals surface area contributed by atoms with Crippen LogP contribution in [0.3, 0.4) is 0 Å². The van der Waals surface area contributed by atoms with Crippen molar-refractivity contribution in [3.05, 3.63) is 34.1 Å². The van der Waals surface area contributed by atoms with Crippen molar-refractivity contribution in [1.29, 1.82) is 0 Å². The van der Waals surface area contributed by atoms with Crippen LogP contribution in [0.1, 0.15) is 37.7 Å². The zero-order valence-corrected chi connectivity index (χ0v) is 11.1. The highest BCUT2D eigenvalue weighted by Crippen LogP contribution is 2.40. The molecular formula is C13H17BrFN. The Bertz CT molecular complexity index is 361. The van der Waals surface area contributed by atoms with Crippen LogP contribution in [0.4, 0.5) is 4.39 Å². The Morgan fingerprint density at radius 1 is 1.44 bits per heavy atom. The first kappa shape index (κ1) is 12.1. The van der Waals surface area contributed by atoms with Gasteiger partial charge in [-0.3, -0.25) is 0 Å². The van der Waals surface area contributed by atoms with Gasteiger partial charge in [0, 0.05) is 10.5 Å². The minimum atomic E-state index is -0.171. The van der Waals surface area contributed by atoms with Crippen LogP contribution in [-0.4, -0.2) is 12.6 Å². The third-order valence-corrected chi connectivity index (χ3v) is 3.91. The summed E-state index contributed by atoms with van der Waals surface area (Å²) in [5, 5.41) is 3.51. The van der Waals surface area contributed by atoms with Crippen LogP contribution in [0.15, 0.2) is 22.7 Å². The average molecular weight is 286 g/mol. The van der Waals surface area contributed by atoms with Crippen molar-refractivity contribution in [2.75, 3.05) is 6.54 Å². The van der Waals surface area contributed by atoms with Crippen LogP contribution in [0, 0.1) is 5.82 Å². The molecule has 1 saturated carbocycles. The van der Waals surface area contributed by atoms with Crippen molar-refractivity contribution < 1.29 is 4.39 Å². The third kappa shape index (κ3) is 2.64. The predicted molar refractivity (Wildman–Crippen MR) is 68.2 cm³/mol. The lowest BCUT2D eigenvalue weighted by molar-refractivity contribution is 0.291.